The summed E-state index contributed by atoms with van der Waals surface area (Å²) in [7, 11) is 0. The fourth-order valence-corrected chi connectivity index (χ4v) is 4.90. The van der Waals surface area contributed by atoms with Crippen LogP contribution in [0.25, 0.3) is 0 Å². The molecule has 2 aromatic rings. The summed E-state index contributed by atoms with van der Waals surface area (Å²) in [4.78, 5) is 0. The van der Waals surface area contributed by atoms with Gasteiger partial charge in [0.1, 0.15) is 0 Å². The zero-order valence-electron chi connectivity index (χ0n) is 7.94. The summed E-state index contributed by atoms with van der Waals surface area (Å²) in [5.74, 6) is 1.50. The van der Waals surface area contributed by atoms with Crippen LogP contribution < -0.4 is 13.4 Å². The molecule has 0 saturated carbocycles. The first kappa shape index (κ1) is 8.87. The molecular formula is C12H9AsO2. The number of hydrogen-bond donors (Lipinski definition) is 0. The predicted molar refractivity (Wildman–Crippen MR) is 60.1 cm³/mol. The molecule has 0 unspecified atom stereocenters. The predicted octanol–water partition coefficient (Wildman–Crippen LogP) is 1.06. The minimum atomic E-state index is -2.55. The average molecular weight is 260 g/mol. The van der Waals surface area contributed by atoms with Crippen molar-refractivity contribution in [1.82, 2.24) is 0 Å². The Bertz CT molecular complexity index is 501. The standard InChI is InChI=1S/C12H9AsO2/c14-13-9-5-1-3-7-11(9)15-12-8-4-2-6-10(12)13/h1-8,13H. The van der Waals surface area contributed by atoms with E-state index in [1.165, 1.54) is 0 Å². The van der Waals surface area contributed by atoms with E-state index in [1.807, 2.05) is 48.5 Å². The second-order valence-corrected chi connectivity index (χ2v) is 7.06. The Balaban J connectivity index is 2.24. The summed E-state index contributed by atoms with van der Waals surface area (Å²) in [6, 6.07) is 15.1. The number of rotatable bonds is 0. The second kappa shape index (κ2) is 3.32. The van der Waals surface area contributed by atoms with Gasteiger partial charge < -0.3 is 0 Å². The molecule has 0 saturated heterocycles. The molecule has 74 valence electrons. The molecule has 15 heavy (non-hydrogen) atoms. The van der Waals surface area contributed by atoms with Crippen molar-refractivity contribution < 1.29 is 8.48 Å². The number of benzene rings is 2. The molecule has 3 rings (SSSR count). The van der Waals surface area contributed by atoms with Gasteiger partial charge in [0.05, 0.1) is 0 Å². The van der Waals surface area contributed by atoms with Crippen LogP contribution in [0.5, 0.6) is 11.5 Å². The fourth-order valence-electron chi connectivity index (χ4n) is 1.75. The number of fused-ring (bicyclic) bond motifs is 2. The Kier molecular flexibility index (Phi) is 1.96. The minimum absolute atomic E-state index is 0.751. The van der Waals surface area contributed by atoms with Gasteiger partial charge in [0, 0.05) is 0 Å². The van der Waals surface area contributed by atoms with Crippen LogP contribution in [0.3, 0.4) is 0 Å². The van der Waals surface area contributed by atoms with Crippen molar-refractivity contribution in [3.05, 3.63) is 48.5 Å². The number of hydrogen-bond acceptors (Lipinski definition) is 2. The fraction of sp³-hybridized carbons (Fsp3) is 0. The van der Waals surface area contributed by atoms with Crippen LogP contribution in [0, 0.1) is 0 Å². The Labute approximate surface area is 92.0 Å². The van der Waals surface area contributed by atoms with Gasteiger partial charge in [-0.05, 0) is 0 Å². The molecule has 1 aliphatic rings. The molecule has 0 atom stereocenters. The first-order valence-corrected chi connectivity index (χ1v) is 7.72. The van der Waals surface area contributed by atoms with Crippen LogP contribution in [-0.2, 0) is 3.74 Å². The van der Waals surface area contributed by atoms with Crippen LogP contribution >= 0.6 is 0 Å². The topological polar surface area (TPSA) is 26.3 Å². The van der Waals surface area contributed by atoms with Gasteiger partial charge in [-0.15, -0.1) is 0 Å². The van der Waals surface area contributed by atoms with Gasteiger partial charge >= 0.3 is 91.8 Å². The summed E-state index contributed by atoms with van der Waals surface area (Å²) in [6.07, 6.45) is 0. The first-order valence-electron chi connectivity index (χ1n) is 4.77. The third-order valence-electron chi connectivity index (χ3n) is 2.48. The van der Waals surface area contributed by atoms with Crippen molar-refractivity contribution >= 4 is 23.3 Å². The van der Waals surface area contributed by atoms with Crippen molar-refractivity contribution in [2.24, 2.45) is 0 Å². The van der Waals surface area contributed by atoms with Gasteiger partial charge in [-0.2, -0.15) is 0 Å². The molecule has 0 aliphatic carbocycles. The van der Waals surface area contributed by atoms with E-state index in [0.29, 0.717) is 0 Å². The summed E-state index contributed by atoms with van der Waals surface area (Å²) >= 11 is -2.55. The van der Waals surface area contributed by atoms with Crippen molar-refractivity contribution in [3.8, 4) is 11.5 Å². The summed E-state index contributed by atoms with van der Waals surface area (Å²) < 4.78 is 19.7. The molecule has 0 radical (unpaired) electrons. The van der Waals surface area contributed by atoms with E-state index in [0.717, 1.165) is 20.2 Å². The van der Waals surface area contributed by atoms with Gasteiger partial charge in [0.15, 0.2) is 0 Å². The zero-order valence-corrected chi connectivity index (χ0v) is 10.0. The summed E-state index contributed by atoms with van der Waals surface area (Å²) in [6.45, 7) is 0. The maximum atomic E-state index is 12.3. The van der Waals surface area contributed by atoms with E-state index in [9.17, 15) is 3.74 Å². The van der Waals surface area contributed by atoms with Gasteiger partial charge in [-0.25, -0.2) is 0 Å². The third kappa shape index (κ3) is 1.33. The van der Waals surface area contributed by atoms with Crippen LogP contribution in [0.15, 0.2) is 48.5 Å². The van der Waals surface area contributed by atoms with E-state index < -0.39 is 14.6 Å². The van der Waals surface area contributed by atoms with Crippen molar-refractivity contribution in [3.63, 3.8) is 0 Å². The first-order chi connectivity index (χ1) is 7.36. The molecule has 1 aliphatic heterocycles. The third-order valence-corrected chi connectivity index (χ3v) is 6.27. The van der Waals surface area contributed by atoms with Crippen molar-refractivity contribution in [1.29, 1.82) is 0 Å². The summed E-state index contributed by atoms with van der Waals surface area (Å²) in [5, 5.41) is 0. The number of ether oxygens (including phenoxy) is 1. The molecule has 3 heteroatoms. The van der Waals surface area contributed by atoms with Crippen LogP contribution in [-0.4, -0.2) is 14.6 Å². The molecule has 2 aromatic carbocycles. The molecule has 0 aromatic heterocycles. The molecule has 0 amide bonds. The van der Waals surface area contributed by atoms with E-state index in [1.54, 1.807) is 0 Å². The zero-order chi connectivity index (χ0) is 10.3. The van der Waals surface area contributed by atoms with Crippen LogP contribution in [0.1, 0.15) is 0 Å². The maximum absolute atomic E-state index is 12.3. The Morgan fingerprint density at radius 2 is 1.27 bits per heavy atom. The van der Waals surface area contributed by atoms with E-state index in [4.69, 9.17) is 4.74 Å². The quantitative estimate of drug-likeness (QED) is 0.565. The van der Waals surface area contributed by atoms with E-state index >= 15 is 0 Å². The van der Waals surface area contributed by atoms with Gasteiger partial charge in [-0.3, -0.25) is 0 Å². The van der Waals surface area contributed by atoms with Gasteiger partial charge in [-0.1, -0.05) is 0 Å². The van der Waals surface area contributed by atoms with Gasteiger partial charge in [0.2, 0.25) is 0 Å². The molecule has 2 nitrogen and oxygen atoms in total. The molecule has 0 fully saturated rings. The van der Waals surface area contributed by atoms with Gasteiger partial charge in [0.25, 0.3) is 0 Å². The molecular weight excluding hydrogens is 251 g/mol. The Morgan fingerprint density at radius 1 is 0.800 bits per heavy atom. The SMILES string of the molecule is O=[AsH]1c2ccccc2Oc2ccccc21. The Hall–Kier alpha value is -1.40. The Morgan fingerprint density at radius 3 is 1.80 bits per heavy atom. The normalized spacial score (nSPS) is 13.9. The molecule has 0 spiro atoms. The summed E-state index contributed by atoms with van der Waals surface area (Å²) in [5.41, 5.74) is 0. The molecule has 0 N–H and O–H groups in total. The molecule has 0 bridgehead atoms. The molecule has 1 heterocycles. The van der Waals surface area contributed by atoms with E-state index in [-0.39, 0.29) is 0 Å². The van der Waals surface area contributed by atoms with Crippen molar-refractivity contribution in [2.75, 3.05) is 0 Å². The average Bonchev–Trinajstić information content (AvgIpc) is 2.30. The van der Waals surface area contributed by atoms with Crippen LogP contribution in [0.4, 0.5) is 0 Å². The monoisotopic (exact) mass is 260 g/mol. The van der Waals surface area contributed by atoms with Crippen LogP contribution in [0.2, 0.25) is 0 Å². The van der Waals surface area contributed by atoms with Crippen molar-refractivity contribution in [2.45, 2.75) is 0 Å². The number of para-hydroxylation sites is 2. The van der Waals surface area contributed by atoms with E-state index in [2.05, 4.69) is 0 Å². The second-order valence-electron chi connectivity index (χ2n) is 3.42.